The van der Waals surface area contributed by atoms with Gasteiger partial charge in [0.25, 0.3) is 5.56 Å². The Balaban J connectivity index is 1.71. The topological polar surface area (TPSA) is 67.0 Å². The maximum atomic E-state index is 11.9. The number of aromatic nitrogens is 2. The Morgan fingerprint density at radius 1 is 1.07 bits per heavy atom. The normalized spacial score (nSPS) is 15.6. The number of unbranched alkanes of at least 4 members (excludes halogenated alkanes) is 2. The lowest BCUT2D eigenvalue weighted by Gasteiger charge is -2.23. The van der Waals surface area contributed by atoms with Crippen molar-refractivity contribution < 1.29 is 4.74 Å². The van der Waals surface area contributed by atoms with Crippen molar-refractivity contribution in [3.8, 4) is 17.0 Å². The summed E-state index contributed by atoms with van der Waals surface area (Å²) in [6.45, 7) is 2.94. The van der Waals surface area contributed by atoms with Crippen LogP contribution >= 0.6 is 0 Å². The molecule has 0 saturated heterocycles. The number of nitrogens with one attached hydrogen (secondary N) is 2. The summed E-state index contributed by atoms with van der Waals surface area (Å²) in [4.78, 5) is 11.9. The first-order valence-corrected chi connectivity index (χ1v) is 10.9. The van der Waals surface area contributed by atoms with Gasteiger partial charge in [-0.05, 0) is 43.5 Å². The van der Waals surface area contributed by atoms with Crippen molar-refractivity contribution in [2.75, 3.05) is 11.9 Å². The van der Waals surface area contributed by atoms with Gasteiger partial charge < -0.3 is 10.1 Å². The summed E-state index contributed by atoms with van der Waals surface area (Å²) in [6, 6.07) is 10.0. The Hall–Kier alpha value is -2.30. The third-order valence-corrected chi connectivity index (χ3v) is 5.42. The molecule has 0 amide bonds. The van der Waals surface area contributed by atoms with Gasteiger partial charge >= 0.3 is 0 Å². The average Bonchev–Trinajstić information content (AvgIpc) is 2.68. The van der Waals surface area contributed by atoms with Crippen LogP contribution in [0.15, 0.2) is 35.1 Å². The molecule has 0 spiro atoms. The van der Waals surface area contributed by atoms with Gasteiger partial charge in [-0.15, -0.1) is 0 Å². The second-order valence-electron chi connectivity index (χ2n) is 7.76. The number of anilines is 1. The first-order chi connectivity index (χ1) is 13.8. The zero-order chi connectivity index (χ0) is 19.6. The molecule has 1 aromatic heterocycles. The molecule has 152 valence electrons. The number of hydrogen-bond acceptors (Lipinski definition) is 4. The number of H-pyrrole nitrogens is 1. The van der Waals surface area contributed by atoms with Crippen LogP contribution in [0.3, 0.4) is 0 Å². The van der Waals surface area contributed by atoms with E-state index in [4.69, 9.17) is 4.74 Å². The van der Waals surface area contributed by atoms with Crippen molar-refractivity contribution in [2.24, 2.45) is 0 Å². The second kappa shape index (κ2) is 10.9. The van der Waals surface area contributed by atoms with Crippen LogP contribution in [0, 0.1) is 0 Å². The lowest BCUT2D eigenvalue weighted by atomic mass is 9.96. The molecule has 1 saturated carbocycles. The van der Waals surface area contributed by atoms with E-state index in [-0.39, 0.29) is 5.56 Å². The summed E-state index contributed by atoms with van der Waals surface area (Å²) < 4.78 is 5.80. The van der Waals surface area contributed by atoms with Crippen LogP contribution in [-0.4, -0.2) is 22.8 Å². The molecule has 2 N–H and O–H groups in total. The van der Waals surface area contributed by atoms with Gasteiger partial charge in [-0.3, -0.25) is 4.79 Å². The van der Waals surface area contributed by atoms with Gasteiger partial charge in [-0.1, -0.05) is 51.9 Å². The first-order valence-electron chi connectivity index (χ1n) is 10.9. The van der Waals surface area contributed by atoms with Crippen LogP contribution < -0.4 is 15.6 Å². The van der Waals surface area contributed by atoms with Crippen LogP contribution in [-0.2, 0) is 0 Å². The van der Waals surface area contributed by atoms with Crippen LogP contribution in [0.25, 0.3) is 11.3 Å². The molecule has 0 unspecified atom stereocenters. The van der Waals surface area contributed by atoms with E-state index in [2.05, 4.69) is 22.4 Å². The summed E-state index contributed by atoms with van der Waals surface area (Å²) in [5.41, 5.74) is 2.42. The highest BCUT2D eigenvalue weighted by molar-refractivity contribution is 5.74. The minimum absolute atomic E-state index is 0.173. The Kier molecular flexibility index (Phi) is 7.94. The van der Waals surface area contributed by atoms with Gasteiger partial charge in [-0.2, -0.15) is 5.10 Å². The number of hydrogen-bond donors (Lipinski definition) is 2. The van der Waals surface area contributed by atoms with Gasteiger partial charge in [0.2, 0.25) is 0 Å². The Labute approximate surface area is 167 Å². The molecule has 1 aliphatic rings. The van der Waals surface area contributed by atoms with Crippen molar-refractivity contribution in [3.05, 3.63) is 40.7 Å². The molecule has 0 radical (unpaired) electrons. The molecule has 0 bridgehead atoms. The van der Waals surface area contributed by atoms with E-state index in [0.29, 0.717) is 6.04 Å². The van der Waals surface area contributed by atoms with Crippen molar-refractivity contribution in [3.63, 3.8) is 0 Å². The van der Waals surface area contributed by atoms with Gasteiger partial charge in [0.1, 0.15) is 11.4 Å². The molecule has 5 nitrogen and oxygen atoms in total. The predicted molar refractivity (Wildman–Crippen MR) is 115 cm³/mol. The predicted octanol–water partition coefficient (Wildman–Crippen LogP) is 5.53. The molecule has 28 heavy (non-hydrogen) atoms. The minimum Gasteiger partial charge on any atom is -0.494 e. The molecule has 0 atom stereocenters. The summed E-state index contributed by atoms with van der Waals surface area (Å²) in [7, 11) is 0. The van der Waals surface area contributed by atoms with Gasteiger partial charge in [0.05, 0.1) is 12.3 Å². The maximum absolute atomic E-state index is 11.9. The van der Waals surface area contributed by atoms with E-state index in [1.165, 1.54) is 44.9 Å². The first kappa shape index (κ1) is 20.4. The highest BCUT2D eigenvalue weighted by Crippen LogP contribution is 2.28. The highest BCUT2D eigenvalue weighted by atomic mass is 16.5. The fourth-order valence-corrected chi connectivity index (χ4v) is 3.80. The molecule has 5 heteroatoms. The number of benzene rings is 1. The fraction of sp³-hybridized carbons (Fsp3) is 0.565. The third kappa shape index (κ3) is 6.11. The van der Waals surface area contributed by atoms with E-state index in [0.717, 1.165) is 48.6 Å². The number of ether oxygens (including phenoxy) is 1. The van der Waals surface area contributed by atoms with E-state index in [1.807, 2.05) is 24.3 Å². The summed E-state index contributed by atoms with van der Waals surface area (Å²) in [5, 5.41) is 10.5. The Morgan fingerprint density at radius 2 is 1.79 bits per heavy atom. The average molecular weight is 384 g/mol. The number of nitrogens with zero attached hydrogens (tertiary/aromatic N) is 1. The molecular formula is C23H33N3O2. The quantitative estimate of drug-likeness (QED) is 0.588. The molecule has 1 fully saturated rings. The van der Waals surface area contributed by atoms with Crippen molar-refractivity contribution in [1.82, 2.24) is 10.2 Å². The maximum Gasteiger partial charge on any atom is 0.266 e. The largest absolute Gasteiger partial charge is 0.494 e. The standard InChI is InChI=1S/C23H33N3O2/c1-2-3-9-16-28-20-14-12-18(13-15-20)23-21(17-22(27)25-26-23)24-19-10-7-5-4-6-8-11-19/h12-15,17,19H,2-11,16H2,1H3,(H2,24,25,27). The summed E-state index contributed by atoms with van der Waals surface area (Å²) >= 11 is 0. The fourth-order valence-electron chi connectivity index (χ4n) is 3.80. The zero-order valence-corrected chi connectivity index (χ0v) is 17.0. The second-order valence-corrected chi connectivity index (χ2v) is 7.76. The SMILES string of the molecule is CCCCCOc1ccc(-c2n[nH]c(=O)cc2NC2CCCCCCC2)cc1. The third-order valence-electron chi connectivity index (χ3n) is 5.42. The number of rotatable bonds is 8. The van der Waals surface area contributed by atoms with Crippen molar-refractivity contribution >= 4 is 5.69 Å². The van der Waals surface area contributed by atoms with Crippen LogP contribution in [0.1, 0.15) is 71.1 Å². The molecule has 2 aromatic rings. The monoisotopic (exact) mass is 383 g/mol. The van der Waals surface area contributed by atoms with E-state index in [1.54, 1.807) is 6.07 Å². The molecule has 1 heterocycles. The van der Waals surface area contributed by atoms with E-state index in [9.17, 15) is 4.79 Å². The molecule has 1 aromatic carbocycles. The van der Waals surface area contributed by atoms with Crippen molar-refractivity contribution in [1.29, 1.82) is 0 Å². The smallest absolute Gasteiger partial charge is 0.266 e. The lowest BCUT2D eigenvalue weighted by Crippen LogP contribution is -2.23. The minimum atomic E-state index is -0.173. The van der Waals surface area contributed by atoms with Crippen LogP contribution in [0.5, 0.6) is 5.75 Å². The highest BCUT2D eigenvalue weighted by Gasteiger charge is 2.15. The number of aromatic amines is 1. The van der Waals surface area contributed by atoms with E-state index >= 15 is 0 Å². The Bertz CT molecular complexity index is 762. The zero-order valence-electron chi connectivity index (χ0n) is 17.0. The van der Waals surface area contributed by atoms with Crippen LogP contribution in [0.4, 0.5) is 5.69 Å². The summed E-state index contributed by atoms with van der Waals surface area (Å²) in [6.07, 6.45) is 12.2. The lowest BCUT2D eigenvalue weighted by molar-refractivity contribution is 0.306. The van der Waals surface area contributed by atoms with Crippen molar-refractivity contribution in [2.45, 2.75) is 77.2 Å². The van der Waals surface area contributed by atoms with Gasteiger partial charge in [0.15, 0.2) is 0 Å². The summed E-state index contributed by atoms with van der Waals surface area (Å²) in [5.74, 6) is 0.874. The molecular weight excluding hydrogens is 350 g/mol. The molecule has 0 aliphatic heterocycles. The van der Waals surface area contributed by atoms with E-state index < -0.39 is 0 Å². The van der Waals surface area contributed by atoms with Crippen LogP contribution in [0.2, 0.25) is 0 Å². The van der Waals surface area contributed by atoms with Gasteiger partial charge in [0, 0.05) is 17.7 Å². The molecule has 3 rings (SSSR count). The molecule has 1 aliphatic carbocycles. The Morgan fingerprint density at radius 3 is 2.50 bits per heavy atom. The van der Waals surface area contributed by atoms with Gasteiger partial charge in [-0.25, -0.2) is 5.10 Å².